The fourth-order valence-corrected chi connectivity index (χ4v) is 8.72. The van der Waals surface area contributed by atoms with Gasteiger partial charge in [-0.15, -0.1) is 0 Å². The van der Waals surface area contributed by atoms with Crippen LogP contribution < -0.4 is 37.6 Å². The number of alkyl carbamates (subject to hydrolysis) is 1. The molecule has 1 aromatic heterocycles. The number of aromatic nitrogens is 1. The maximum Gasteiger partial charge on any atom is 0.407 e. The molecule has 3 aliphatic rings. The van der Waals surface area contributed by atoms with E-state index in [0.717, 1.165) is 39.4 Å². The summed E-state index contributed by atoms with van der Waals surface area (Å²) in [6.07, 6.45) is 7.98. The fraction of sp³-hybridized carbons (Fsp3) is 0.357. The van der Waals surface area contributed by atoms with Crippen molar-refractivity contribution >= 4 is 76.4 Å². The highest BCUT2D eigenvalue weighted by molar-refractivity contribution is 6.13. The van der Waals surface area contributed by atoms with Gasteiger partial charge in [-0.3, -0.25) is 48.3 Å². The van der Waals surface area contributed by atoms with E-state index < -0.39 is 48.9 Å². The highest BCUT2D eigenvalue weighted by Gasteiger charge is 2.31. The van der Waals surface area contributed by atoms with Gasteiger partial charge in [-0.1, -0.05) is 62.2 Å². The van der Waals surface area contributed by atoms with E-state index in [2.05, 4.69) is 41.5 Å². The molecule has 0 radical (unpaired) electrons. The van der Waals surface area contributed by atoms with Gasteiger partial charge in [0.05, 0.1) is 37.2 Å². The molecule has 3 aliphatic heterocycles. The molecule has 3 aromatic carbocycles. The number of imide groups is 1. The minimum absolute atomic E-state index is 0.134. The number of aliphatic imine (C=N–C) groups is 1. The minimum atomic E-state index is -3.51. The molecule has 0 bridgehead atoms. The lowest BCUT2D eigenvalue weighted by atomic mass is 10.0. The first-order chi connectivity index (χ1) is 37.3. The summed E-state index contributed by atoms with van der Waals surface area (Å²) >= 11 is 0. The molecular weight excluding hydrogens is 1010 g/mol. The second-order valence-electron chi connectivity index (χ2n) is 19.7. The van der Waals surface area contributed by atoms with Crippen LogP contribution in [0.5, 0.6) is 0 Å². The molecule has 4 aromatic rings. The van der Waals surface area contributed by atoms with E-state index in [1.54, 1.807) is 68.6 Å². The van der Waals surface area contributed by atoms with E-state index in [9.17, 15) is 47.1 Å². The molecule has 78 heavy (non-hydrogen) atoms. The molecule has 0 saturated carbocycles. The van der Waals surface area contributed by atoms with Gasteiger partial charge >= 0.3 is 6.09 Å². The third-order valence-electron chi connectivity index (χ3n) is 12.9. The lowest BCUT2D eigenvalue weighted by Crippen LogP contribution is -2.51. The van der Waals surface area contributed by atoms with Crippen molar-refractivity contribution in [3.05, 3.63) is 136 Å². The normalized spacial score (nSPS) is 14.5. The standard InChI is InChI=1S/C56H63F2N11O9/c1-34(2)51(67-47(70)7-5-4-6-21-69-49(72)18-19-50(69)73)54(76)61-28-48(71)64-42-16-10-37(11-17-42)31-78-55(77)63-33-56(57,58)32-62-52(74)38-12-8-36(9-13-38)29-68-22-20-44-41(30-68)25-43(27-60-44)65-53(75)40-15-14-39-23-35(3)24-46(59)66-45(39)26-40/h8-19,23,25-27,34,51H,4-7,20-22,24,28-33H2,1-3H3,(H2,59,66)(H,61,76)(H,62,74)(H,63,77)(H,64,71)(H,65,75)(H,67,70). The number of alkyl halides is 2. The molecule has 0 saturated heterocycles. The number of hydrogen-bond acceptors (Lipinski definition) is 13. The van der Waals surface area contributed by atoms with Crippen LogP contribution in [0.15, 0.2) is 102 Å². The SMILES string of the molecule is CC1=Cc2ccc(C(=O)Nc3cnc4c(c3)CN(Cc3ccc(C(=O)NCC(F)(F)CNC(=O)OCc5ccc(NC(=O)CNC(=O)C(NC(=O)CCCCCN6C(=O)C=CC6=O)C(C)C)cc5)cc3)CC4)cc2N=C(N)C1. The van der Waals surface area contributed by atoms with Gasteiger partial charge in [0, 0.05) is 85.7 Å². The third kappa shape index (κ3) is 16.7. The molecule has 8 N–H and O–H groups in total. The Morgan fingerprint density at radius 2 is 1.50 bits per heavy atom. The number of benzene rings is 3. The summed E-state index contributed by atoms with van der Waals surface area (Å²) in [5.74, 6) is -6.50. The Labute approximate surface area is 449 Å². The first-order valence-corrected chi connectivity index (χ1v) is 25.6. The number of halogens is 2. The van der Waals surface area contributed by atoms with E-state index in [0.29, 0.717) is 79.2 Å². The number of nitrogens with two attached hydrogens (primary N) is 1. The number of fused-ring (bicyclic) bond motifs is 2. The number of nitrogens with one attached hydrogen (secondary N) is 6. The molecular formula is C56H63F2N11O9. The van der Waals surface area contributed by atoms with Crippen LogP contribution in [0.25, 0.3) is 6.08 Å². The van der Waals surface area contributed by atoms with E-state index in [1.165, 1.54) is 24.3 Å². The van der Waals surface area contributed by atoms with Gasteiger partial charge in [0.2, 0.25) is 17.7 Å². The monoisotopic (exact) mass is 1070 g/mol. The van der Waals surface area contributed by atoms with E-state index in [-0.39, 0.29) is 61.2 Å². The summed E-state index contributed by atoms with van der Waals surface area (Å²) in [6, 6.07) is 19.1. The van der Waals surface area contributed by atoms with Gasteiger partial charge < -0.3 is 42.4 Å². The molecule has 4 heterocycles. The topological polar surface area (TPSA) is 276 Å². The number of carbonyl (C=O) groups excluding carboxylic acids is 8. The van der Waals surface area contributed by atoms with Crippen molar-refractivity contribution in [3.63, 3.8) is 0 Å². The van der Waals surface area contributed by atoms with Crippen molar-refractivity contribution in [3.8, 4) is 0 Å². The Bertz CT molecular complexity index is 3000. The first kappa shape index (κ1) is 57.1. The molecule has 8 amide bonds. The van der Waals surface area contributed by atoms with Gasteiger partial charge in [0.25, 0.3) is 29.6 Å². The molecule has 410 valence electrons. The lowest BCUT2D eigenvalue weighted by molar-refractivity contribution is -0.137. The van der Waals surface area contributed by atoms with Gasteiger partial charge in [0.15, 0.2) is 0 Å². The Hall–Kier alpha value is -8.66. The van der Waals surface area contributed by atoms with Crippen LogP contribution in [-0.2, 0) is 54.8 Å². The summed E-state index contributed by atoms with van der Waals surface area (Å²) in [4.78, 5) is 112. The second kappa shape index (κ2) is 26.4. The van der Waals surface area contributed by atoms with Gasteiger partial charge in [-0.25, -0.2) is 18.6 Å². The van der Waals surface area contributed by atoms with Gasteiger partial charge in [0.1, 0.15) is 18.5 Å². The summed E-state index contributed by atoms with van der Waals surface area (Å²) in [5, 5.41) is 15.0. The van der Waals surface area contributed by atoms with Crippen LogP contribution in [0.4, 0.5) is 30.6 Å². The van der Waals surface area contributed by atoms with Crippen LogP contribution in [0.2, 0.25) is 0 Å². The fourth-order valence-electron chi connectivity index (χ4n) is 8.72. The second-order valence-corrected chi connectivity index (χ2v) is 19.7. The van der Waals surface area contributed by atoms with Crippen molar-refractivity contribution in [2.24, 2.45) is 16.6 Å². The number of hydrogen-bond donors (Lipinski definition) is 7. The number of carbonyl (C=O) groups is 8. The molecule has 1 unspecified atom stereocenters. The van der Waals surface area contributed by atoms with E-state index in [1.807, 2.05) is 30.4 Å². The van der Waals surface area contributed by atoms with Crippen molar-refractivity contribution in [2.45, 2.75) is 91.0 Å². The Kier molecular flexibility index (Phi) is 19.3. The molecule has 0 fully saturated rings. The minimum Gasteiger partial charge on any atom is -0.445 e. The number of amides is 8. The van der Waals surface area contributed by atoms with Crippen LogP contribution in [0.3, 0.4) is 0 Å². The maximum absolute atomic E-state index is 14.8. The van der Waals surface area contributed by atoms with Crippen LogP contribution in [0, 0.1) is 5.92 Å². The number of anilines is 2. The zero-order chi connectivity index (χ0) is 55.9. The largest absolute Gasteiger partial charge is 0.445 e. The predicted molar refractivity (Wildman–Crippen MR) is 287 cm³/mol. The van der Waals surface area contributed by atoms with Crippen molar-refractivity contribution in [1.82, 2.24) is 36.1 Å². The highest BCUT2D eigenvalue weighted by Crippen LogP contribution is 2.29. The number of nitrogens with zero attached hydrogens (tertiary/aromatic N) is 4. The predicted octanol–water partition coefficient (Wildman–Crippen LogP) is 5.66. The molecule has 7 rings (SSSR count). The van der Waals surface area contributed by atoms with Gasteiger partial charge in [-0.2, -0.15) is 0 Å². The number of amidine groups is 1. The molecule has 22 heteroatoms. The quantitative estimate of drug-likeness (QED) is 0.0350. The zero-order valence-electron chi connectivity index (χ0n) is 43.6. The van der Waals surface area contributed by atoms with Crippen molar-refractivity contribution < 1.29 is 51.9 Å². The summed E-state index contributed by atoms with van der Waals surface area (Å²) in [6.45, 7) is 4.76. The molecule has 1 atom stereocenters. The third-order valence-corrected chi connectivity index (χ3v) is 12.9. The van der Waals surface area contributed by atoms with Crippen LogP contribution in [-0.4, -0.2) is 113 Å². The number of rotatable bonds is 23. The number of pyridine rings is 1. The Balaban J connectivity index is 0.762. The molecule has 0 spiro atoms. The smallest absolute Gasteiger partial charge is 0.407 e. The van der Waals surface area contributed by atoms with Crippen LogP contribution in [0.1, 0.15) is 102 Å². The summed E-state index contributed by atoms with van der Waals surface area (Å²) in [5.41, 5.74) is 13.5. The summed E-state index contributed by atoms with van der Waals surface area (Å²) < 4.78 is 34.6. The molecule has 20 nitrogen and oxygen atoms in total. The highest BCUT2D eigenvalue weighted by atomic mass is 19.3. The lowest BCUT2D eigenvalue weighted by Gasteiger charge is -2.28. The average molecular weight is 1070 g/mol. The first-order valence-electron chi connectivity index (χ1n) is 25.6. The van der Waals surface area contributed by atoms with E-state index in [4.69, 9.17) is 10.5 Å². The van der Waals surface area contributed by atoms with Gasteiger partial charge in [-0.05, 0) is 84.8 Å². The van der Waals surface area contributed by atoms with Crippen molar-refractivity contribution in [1.29, 1.82) is 0 Å². The average Bonchev–Trinajstić information content (AvgIpc) is 3.64. The Morgan fingerprint density at radius 3 is 2.23 bits per heavy atom. The number of unbranched alkanes of at least 4 members (excludes halogenated alkanes) is 2. The van der Waals surface area contributed by atoms with Crippen LogP contribution >= 0.6 is 0 Å². The number of ether oxygens (including phenoxy) is 1. The Morgan fingerprint density at radius 1 is 0.795 bits per heavy atom. The summed E-state index contributed by atoms with van der Waals surface area (Å²) in [7, 11) is 0. The van der Waals surface area contributed by atoms with E-state index >= 15 is 0 Å². The zero-order valence-corrected chi connectivity index (χ0v) is 43.6. The van der Waals surface area contributed by atoms with Crippen molar-refractivity contribution in [2.75, 3.05) is 43.4 Å². The maximum atomic E-state index is 14.8. The molecule has 0 aliphatic carbocycles.